The van der Waals surface area contributed by atoms with Crippen LogP contribution in [0.15, 0.2) is 72.8 Å². The fraction of sp³-hybridized carbons (Fsp3) is 0.0833. The molecule has 3 aromatic carbocycles. The number of carbonyl (C=O) groups is 2. The summed E-state index contributed by atoms with van der Waals surface area (Å²) in [5.74, 6) is -0.425. The van der Waals surface area contributed by atoms with Crippen molar-refractivity contribution in [2.75, 3.05) is 0 Å². The van der Waals surface area contributed by atoms with E-state index in [1.54, 1.807) is 37.3 Å². The highest BCUT2D eigenvalue weighted by molar-refractivity contribution is 6.31. The number of benzene rings is 3. The molecular weight excluding hydrogens is 386 g/mol. The zero-order valence-corrected chi connectivity index (χ0v) is 16.5. The Hall–Kier alpha value is -3.37. The van der Waals surface area contributed by atoms with Crippen LogP contribution in [0.3, 0.4) is 0 Å². The molecule has 1 aromatic heterocycles. The second-order valence-corrected chi connectivity index (χ2v) is 7.06. The molecule has 0 atom stereocenters. The minimum atomic E-state index is -0.408. The zero-order chi connectivity index (χ0) is 20.4. The van der Waals surface area contributed by atoms with Crippen molar-refractivity contribution in [2.45, 2.75) is 13.3 Å². The van der Waals surface area contributed by atoms with Gasteiger partial charge in [-0.05, 0) is 29.3 Å². The molecular formula is C24H18ClNO3. The second-order valence-electron chi connectivity index (χ2n) is 6.62. The summed E-state index contributed by atoms with van der Waals surface area (Å²) >= 11 is 6.07. The summed E-state index contributed by atoms with van der Waals surface area (Å²) in [5, 5.41) is 1.17. The van der Waals surface area contributed by atoms with Crippen molar-refractivity contribution in [3.8, 4) is 16.9 Å². The largest absolute Gasteiger partial charge is 0.423 e. The van der Waals surface area contributed by atoms with Gasteiger partial charge < -0.3 is 9.72 Å². The Labute approximate surface area is 173 Å². The Morgan fingerprint density at radius 2 is 1.62 bits per heavy atom. The van der Waals surface area contributed by atoms with Gasteiger partial charge in [-0.3, -0.25) is 9.59 Å². The van der Waals surface area contributed by atoms with Crippen LogP contribution in [-0.2, 0) is 4.79 Å². The summed E-state index contributed by atoms with van der Waals surface area (Å²) < 4.78 is 5.49. The quantitative estimate of drug-likeness (QED) is 0.326. The Kier molecular flexibility index (Phi) is 5.19. The van der Waals surface area contributed by atoms with Gasteiger partial charge in [0.1, 0.15) is 5.69 Å². The van der Waals surface area contributed by atoms with E-state index in [0.29, 0.717) is 21.5 Å². The third kappa shape index (κ3) is 3.80. The fourth-order valence-corrected chi connectivity index (χ4v) is 3.36. The van der Waals surface area contributed by atoms with Gasteiger partial charge in [-0.25, -0.2) is 0 Å². The van der Waals surface area contributed by atoms with Crippen molar-refractivity contribution in [3.63, 3.8) is 0 Å². The molecule has 0 fully saturated rings. The van der Waals surface area contributed by atoms with Gasteiger partial charge in [0, 0.05) is 22.4 Å². The summed E-state index contributed by atoms with van der Waals surface area (Å²) in [6, 6.07) is 22.4. The minimum Gasteiger partial charge on any atom is -0.423 e. The number of nitrogens with one attached hydrogen (secondary N) is 1. The van der Waals surface area contributed by atoms with E-state index < -0.39 is 5.97 Å². The smallest absolute Gasteiger partial charge is 0.310 e. The van der Waals surface area contributed by atoms with E-state index in [9.17, 15) is 9.59 Å². The number of hydrogen-bond donors (Lipinski definition) is 1. The van der Waals surface area contributed by atoms with E-state index in [2.05, 4.69) is 4.98 Å². The van der Waals surface area contributed by atoms with E-state index in [4.69, 9.17) is 16.3 Å². The predicted molar refractivity (Wildman–Crippen MR) is 115 cm³/mol. The molecule has 4 rings (SSSR count). The van der Waals surface area contributed by atoms with Gasteiger partial charge in [0.15, 0.2) is 5.75 Å². The van der Waals surface area contributed by atoms with Crippen molar-refractivity contribution >= 4 is 34.3 Å². The molecule has 0 aliphatic carbocycles. The van der Waals surface area contributed by atoms with Gasteiger partial charge in [0.2, 0.25) is 5.78 Å². The number of esters is 1. The second kappa shape index (κ2) is 7.94. The number of aromatic amines is 1. The van der Waals surface area contributed by atoms with Crippen molar-refractivity contribution in [1.82, 2.24) is 4.98 Å². The lowest BCUT2D eigenvalue weighted by Crippen LogP contribution is -2.10. The first-order chi connectivity index (χ1) is 14.1. The maximum Gasteiger partial charge on any atom is 0.310 e. The molecule has 1 heterocycles. The Balaban J connectivity index is 1.74. The number of carbonyl (C=O) groups excluding carboxylic acids is 2. The van der Waals surface area contributed by atoms with Crippen LogP contribution in [0.4, 0.5) is 0 Å². The molecule has 0 aliphatic rings. The Bertz CT molecular complexity index is 1190. The van der Waals surface area contributed by atoms with Crippen LogP contribution < -0.4 is 4.74 Å². The lowest BCUT2D eigenvalue weighted by Gasteiger charge is -2.06. The van der Waals surface area contributed by atoms with Crippen molar-refractivity contribution in [2.24, 2.45) is 0 Å². The molecule has 0 amide bonds. The summed E-state index contributed by atoms with van der Waals surface area (Å²) in [6.07, 6.45) is 0.208. The number of fused-ring (bicyclic) bond motifs is 1. The maximum atomic E-state index is 13.2. The lowest BCUT2D eigenvalue weighted by atomic mass is 10.0. The summed E-state index contributed by atoms with van der Waals surface area (Å²) in [6.45, 7) is 1.71. The van der Waals surface area contributed by atoms with Gasteiger partial charge in [-0.2, -0.15) is 0 Å². The molecule has 0 radical (unpaired) electrons. The molecule has 144 valence electrons. The molecule has 0 saturated carbocycles. The van der Waals surface area contributed by atoms with E-state index in [0.717, 1.165) is 11.1 Å². The molecule has 1 N–H and O–H groups in total. The highest BCUT2D eigenvalue weighted by Crippen LogP contribution is 2.34. The molecule has 0 spiro atoms. The van der Waals surface area contributed by atoms with Gasteiger partial charge in [0.05, 0.1) is 5.52 Å². The highest BCUT2D eigenvalue weighted by atomic mass is 35.5. The lowest BCUT2D eigenvalue weighted by molar-refractivity contribution is -0.133. The number of H-pyrrole nitrogens is 1. The topological polar surface area (TPSA) is 59.2 Å². The average Bonchev–Trinajstić information content (AvgIpc) is 3.11. The van der Waals surface area contributed by atoms with E-state index in [1.807, 2.05) is 42.5 Å². The van der Waals surface area contributed by atoms with Gasteiger partial charge in [0.25, 0.3) is 0 Å². The molecule has 4 nitrogen and oxygen atoms in total. The average molecular weight is 404 g/mol. The van der Waals surface area contributed by atoms with Gasteiger partial charge in [-0.15, -0.1) is 0 Å². The first-order valence-electron chi connectivity index (χ1n) is 9.29. The molecule has 0 saturated heterocycles. The van der Waals surface area contributed by atoms with Crippen LogP contribution in [0.1, 0.15) is 29.4 Å². The van der Waals surface area contributed by atoms with Crippen LogP contribution in [-0.4, -0.2) is 16.7 Å². The van der Waals surface area contributed by atoms with Crippen molar-refractivity contribution in [1.29, 1.82) is 0 Å². The standard InChI is InChI=1S/C24H18ClNO3/c1-2-21(27)29-24-19-13-12-18(25)14-20(19)26-22(24)23(28)17-10-8-16(9-11-17)15-6-4-3-5-7-15/h3-14,26H,2H2,1H3. The third-order valence-electron chi connectivity index (χ3n) is 4.70. The predicted octanol–water partition coefficient (Wildman–Crippen LogP) is 6.03. The van der Waals surface area contributed by atoms with E-state index in [-0.39, 0.29) is 23.6 Å². The normalized spacial score (nSPS) is 10.8. The summed E-state index contributed by atoms with van der Waals surface area (Å²) in [5.41, 5.74) is 3.46. The first-order valence-corrected chi connectivity index (χ1v) is 9.66. The number of halogens is 1. The SMILES string of the molecule is CCC(=O)Oc1c(C(=O)c2ccc(-c3ccccc3)cc2)[nH]c2cc(Cl)ccc12. The van der Waals surface area contributed by atoms with Gasteiger partial charge in [-0.1, -0.05) is 73.1 Å². The Morgan fingerprint density at radius 1 is 0.931 bits per heavy atom. The van der Waals surface area contributed by atoms with E-state index >= 15 is 0 Å². The summed E-state index contributed by atoms with van der Waals surface area (Å²) in [7, 11) is 0. The van der Waals surface area contributed by atoms with Gasteiger partial charge >= 0.3 is 5.97 Å². The van der Waals surface area contributed by atoms with Crippen LogP contribution in [0.5, 0.6) is 5.75 Å². The first kappa shape index (κ1) is 19.0. The fourth-order valence-electron chi connectivity index (χ4n) is 3.18. The zero-order valence-electron chi connectivity index (χ0n) is 15.7. The van der Waals surface area contributed by atoms with Crippen LogP contribution >= 0.6 is 11.6 Å². The Morgan fingerprint density at radius 3 is 2.31 bits per heavy atom. The highest BCUT2D eigenvalue weighted by Gasteiger charge is 2.22. The number of hydrogen-bond acceptors (Lipinski definition) is 3. The molecule has 0 unspecified atom stereocenters. The molecule has 4 aromatic rings. The van der Waals surface area contributed by atoms with Crippen LogP contribution in [0.2, 0.25) is 5.02 Å². The molecule has 29 heavy (non-hydrogen) atoms. The molecule has 5 heteroatoms. The molecule has 0 aliphatic heterocycles. The monoisotopic (exact) mass is 403 g/mol. The third-order valence-corrected chi connectivity index (χ3v) is 4.93. The number of rotatable bonds is 5. The number of aromatic nitrogens is 1. The van der Waals surface area contributed by atoms with Crippen molar-refractivity contribution in [3.05, 3.63) is 89.1 Å². The molecule has 0 bridgehead atoms. The van der Waals surface area contributed by atoms with Crippen LogP contribution in [0.25, 0.3) is 22.0 Å². The number of ketones is 1. The minimum absolute atomic E-state index is 0.208. The van der Waals surface area contributed by atoms with Crippen LogP contribution in [0, 0.1) is 0 Å². The number of ether oxygens (including phenoxy) is 1. The maximum absolute atomic E-state index is 13.2. The summed E-state index contributed by atoms with van der Waals surface area (Å²) in [4.78, 5) is 28.2. The van der Waals surface area contributed by atoms with Crippen molar-refractivity contribution < 1.29 is 14.3 Å². The van der Waals surface area contributed by atoms with E-state index in [1.165, 1.54) is 0 Å².